The Morgan fingerprint density at radius 2 is 1.92 bits per heavy atom. The molecule has 1 unspecified atom stereocenters. The first kappa shape index (κ1) is 17.4. The standard InChI is InChI=1S/C20H26N4O/c1-16-15-18(9-10-22-16)23-11-6-12-24(14-13-23)20(25)19(21-2)17-7-4-3-5-8-17/h3-5,7-10,15,19,21H,6,11-14H2,1-2H3. The van der Waals surface area contributed by atoms with Gasteiger partial charge in [-0.15, -0.1) is 0 Å². The summed E-state index contributed by atoms with van der Waals surface area (Å²) in [5.41, 5.74) is 3.23. The fourth-order valence-corrected chi connectivity index (χ4v) is 3.38. The summed E-state index contributed by atoms with van der Waals surface area (Å²) in [6.07, 6.45) is 2.82. The van der Waals surface area contributed by atoms with Crippen LogP contribution in [0.25, 0.3) is 0 Å². The van der Waals surface area contributed by atoms with Crippen LogP contribution in [0.1, 0.15) is 23.7 Å². The number of amides is 1. The molecular formula is C20H26N4O. The van der Waals surface area contributed by atoms with Crippen molar-refractivity contribution in [2.45, 2.75) is 19.4 Å². The van der Waals surface area contributed by atoms with E-state index in [0.29, 0.717) is 0 Å². The van der Waals surface area contributed by atoms with Crippen LogP contribution < -0.4 is 10.2 Å². The smallest absolute Gasteiger partial charge is 0.244 e. The van der Waals surface area contributed by atoms with Crippen molar-refractivity contribution in [2.24, 2.45) is 0 Å². The summed E-state index contributed by atoms with van der Waals surface area (Å²) >= 11 is 0. The maximum Gasteiger partial charge on any atom is 0.244 e. The van der Waals surface area contributed by atoms with E-state index in [0.717, 1.165) is 43.9 Å². The van der Waals surface area contributed by atoms with Crippen LogP contribution in [0.2, 0.25) is 0 Å². The highest BCUT2D eigenvalue weighted by Gasteiger charge is 2.26. The number of rotatable bonds is 4. The fourth-order valence-electron chi connectivity index (χ4n) is 3.38. The molecule has 132 valence electrons. The summed E-state index contributed by atoms with van der Waals surface area (Å²) in [6.45, 7) is 5.35. The van der Waals surface area contributed by atoms with Crippen LogP contribution in [0.15, 0.2) is 48.7 Å². The highest BCUT2D eigenvalue weighted by Crippen LogP contribution is 2.20. The largest absolute Gasteiger partial charge is 0.370 e. The minimum absolute atomic E-state index is 0.154. The summed E-state index contributed by atoms with van der Waals surface area (Å²) < 4.78 is 0. The molecule has 1 aromatic carbocycles. The van der Waals surface area contributed by atoms with Crippen LogP contribution in [-0.4, -0.2) is 49.0 Å². The van der Waals surface area contributed by atoms with E-state index >= 15 is 0 Å². The SMILES string of the molecule is CNC(C(=O)N1CCCN(c2ccnc(C)c2)CC1)c1ccccc1. The summed E-state index contributed by atoms with van der Waals surface area (Å²) in [4.78, 5) is 21.6. The van der Waals surface area contributed by atoms with Crippen molar-refractivity contribution in [3.63, 3.8) is 0 Å². The van der Waals surface area contributed by atoms with Crippen LogP contribution in [0.4, 0.5) is 5.69 Å². The van der Waals surface area contributed by atoms with Gasteiger partial charge in [-0.1, -0.05) is 30.3 Å². The lowest BCUT2D eigenvalue weighted by molar-refractivity contribution is -0.133. The second kappa shape index (κ2) is 8.12. The number of carbonyl (C=O) groups excluding carboxylic acids is 1. The summed E-state index contributed by atoms with van der Waals surface area (Å²) in [5.74, 6) is 0.154. The lowest BCUT2D eigenvalue weighted by Crippen LogP contribution is -2.41. The third-order valence-electron chi connectivity index (χ3n) is 4.72. The van der Waals surface area contributed by atoms with Crippen molar-refractivity contribution < 1.29 is 4.79 Å². The van der Waals surface area contributed by atoms with Gasteiger partial charge in [0.2, 0.25) is 5.91 Å². The number of anilines is 1. The van der Waals surface area contributed by atoms with E-state index in [9.17, 15) is 4.79 Å². The lowest BCUT2D eigenvalue weighted by Gasteiger charge is -2.27. The molecule has 0 saturated carbocycles. The van der Waals surface area contributed by atoms with Crippen molar-refractivity contribution in [1.82, 2.24) is 15.2 Å². The molecule has 5 nitrogen and oxygen atoms in total. The van der Waals surface area contributed by atoms with Crippen molar-refractivity contribution in [3.05, 3.63) is 59.9 Å². The van der Waals surface area contributed by atoms with E-state index in [1.54, 1.807) is 0 Å². The minimum Gasteiger partial charge on any atom is -0.370 e. The first-order valence-corrected chi connectivity index (χ1v) is 8.87. The van der Waals surface area contributed by atoms with Crippen LogP contribution in [0.5, 0.6) is 0 Å². The van der Waals surface area contributed by atoms with Crippen molar-refractivity contribution >= 4 is 11.6 Å². The number of benzene rings is 1. The van der Waals surface area contributed by atoms with Gasteiger partial charge in [-0.3, -0.25) is 9.78 Å². The molecule has 3 rings (SSSR count). The molecule has 1 amide bonds. The molecule has 25 heavy (non-hydrogen) atoms. The number of likely N-dealkylation sites (N-methyl/N-ethyl adjacent to an activating group) is 1. The average molecular weight is 338 g/mol. The van der Waals surface area contributed by atoms with E-state index in [1.165, 1.54) is 5.69 Å². The minimum atomic E-state index is -0.282. The number of hydrogen-bond acceptors (Lipinski definition) is 4. The normalized spacial score (nSPS) is 16.4. The van der Waals surface area contributed by atoms with Gasteiger partial charge in [0.15, 0.2) is 0 Å². The molecule has 1 fully saturated rings. The lowest BCUT2D eigenvalue weighted by atomic mass is 10.1. The molecule has 2 aromatic rings. The molecule has 1 saturated heterocycles. The Bertz CT molecular complexity index is 704. The van der Waals surface area contributed by atoms with Gasteiger partial charge in [0, 0.05) is 43.8 Å². The summed E-state index contributed by atoms with van der Waals surface area (Å²) in [7, 11) is 1.85. The van der Waals surface area contributed by atoms with Gasteiger partial charge in [0.05, 0.1) is 0 Å². The second-order valence-electron chi connectivity index (χ2n) is 6.45. The molecule has 1 N–H and O–H groups in total. The molecule has 5 heteroatoms. The average Bonchev–Trinajstić information content (AvgIpc) is 2.89. The van der Waals surface area contributed by atoms with Gasteiger partial charge < -0.3 is 15.1 Å². The Kier molecular flexibility index (Phi) is 5.66. The van der Waals surface area contributed by atoms with E-state index < -0.39 is 0 Å². The molecule has 1 atom stereocenters. The Balaban J connectivity index is 1.69. The molecular weight excluding hydrogens is 312 g/mol. The quantitative estimate of drug-likeness (QED) is 0.930. The first-order chi connectivity index (χ1) is 12.2. The fraction of sp³-hybridized carbons (Fsp3) is 0.400. The third kappa shape index (κ3) is 4.17. The molecule has 0 radical (unpaired) electrons. The monoisotopic (exact) mass is 338 g/mol. The number of pyridine rings is 1. The van der Waals surface area contributed by atoms with Crippen LogP contribution >= 0.6 is 0 Å². The Morgan fingerprint density at radius 3 is 2.64 bits per heavy atom. The molecule has 1 aliphatic rings. The van der Waals surface area contributed by atoms with Gasteiger partial charge in [0.1, 0.15) is 6.04 Å². The topological polar surface area (TPSA) is 48.5 Å². The van der Waals surface area contributed by atoms with Gasteiger partial charge in [-0.25, -0.2) is 0 Å². The van der Waals surface area contributed by atoms with E-state index in [2.05, 4.69) is 21.3 Å². The molecule has 2 heterocycles. The number of aromatic nitrogens is 1. The predicted molar refractivity (Wildman–Crippen MR) is 101 cm³/mol. The molecule has 0 bridgehead atoms. The zero-order valence-corrected chi connectivity index (χ0v) is 15.0. The van der Waals surface area contributed by atoms with Crippen LogP contribution in [-0.2, 0) is 4.79 Å². The Labute approximate surface area is 149 Å². The van der Waals surface area contributed by atoms with Gasteiger partial charge >= 0.3 is 0 Å². The molecule has 1 aromatic heterocycles. The summed E-state index contributed by atoms with van der Waals surface area (Å²) in [5, 5.41) is 3.17. The highest BCUT2D eigenvalue weighted by molar-refractivity contribution is 5.83. The zero-order valence-electron chi connectivity index (χ0n) is 15.0. The van der Waals surface area contributed by atoms with E-state index in [-0.39, 0.29) is 11.9 Å². The molecule has 0 aliphatic carbocycles. The highest BCUT2D eigenvalue weighted by atomic mass is 16.2. The Hall–Kier alpha value is -2.40. The van der Waals surface area contributed by atoms with Crippen molar-refractivity contribution in [3.8, 4) is 0 Å². The maximum atomic E-state index is 13.0. The van der Waals surface area contributed by atoms with Crippen LogP contribution in [0, 0.1) is 6.92 Å². The number of hydrogen-bond donors (Lipinski definition) is 1. The van der Waals surface area contributed by atoms with E-state index in [1.807, 2.05) is 61.5 Å². The molecule has 1 aliphatic heterocycles. The van der Waals surface area contributed by atoms with E-state index in [4.69, 9.17) is 0 Å². The van der Waals surface area contributed by atoms with Gasteiger partial charge in [0.25, 0.3) is 0 Å². The van der Waals surface area contributed by atoms with Crippen LogP contribution in [0.3, 0.4) is 0 Å². The first-order valence-electron chi connectivity index (χ1n) is 8.87. The second-order valence-corrected chi connectivity index (χ2v) is 6.45. The number of nitrogens with zero attached hydrogens (tertiary/aromatic N) is 3. The van der Waals surface area contributed by atoms with Crippen molar-refractivity contribution in [1.29, 1.82) is 0 Å². The number of carbonyl (C=O) groups is 1. The number of aryl methyl sites for hydroxylation is 1. The Morgan fingerprint density at radius 1 is 1.12 bits per heavy atom. The van der Waals surface area contributed by atoms with Crippen molar-refractivity contribution in [2.75, 3.05) is 38.1 Å². The summed E-state index contributed by atoms with van der Waals surface area (Å²) in [6, 6.07) is 13.8. The number of nitrogens with one attached hydrogen (secondary N) is 1. The maximum absolute atomic E-state index is 13.0. The predicted octanol–water partition coefficient (Wildman–Crippen LogP) is 2.39. The van der Waals surface area contributed by atoms with Gasteiger partial charge in [-0.2, -0.15) is 0 Å². The zero-order chi connectivity index (χ0) is 17.6. The van der Waals surface area contributed by atoms with Gasteiger partial charge in [-0.05, 0) is 38.1 Å². The third-order valence-corrected chi connectivity index (χ3v) is 4.72. The molecule has 0 spiro atoms.